The minimum atomic E-state index is -0.133. The van der Waals surface area contributed by atoms with E-state index in [1.807, 2.05) is 25.1 Å². The van der Waals surface area contributed by atoms with Crippen LogP contribution in [0.4, 0.5) is 0 Å². The lowest BCUT2D eigenvalue weighted by Crippen LogP contribution is -2.28. The number of amides is 1. The molecule has 0 fully saturated rings. The Morgan fingerprint density at radius 1 is 1.29 bits per heavy atom. The van der Waals surface area contributed by atoms with E-state index in [0.717, 1.165) is 24.6 Å². The standard InChI is InChI=1S/C19H28N2O3/c1-3-21-19(22)14-24-17-10-9-16(11-18(17)23-2)13-20-12-15-7-5-4-6-8-15/h4-5,9-11,15,20H,3,6-8,12-14H2,1-2H3,(H,21,22). The SMILES string of the molecule is CCNC(=O)COc1ccc(CNCC2CC=CCC2)cc1OC. The van der Waals surface area contributed by atoms with Gasteiger partial charge in [0, 0.05) is 13.1 Å². The van der Waals surface area contributed by atoms with Crippen molar-refractivity contribution in [2.75, 3.05) is 26.8 Å². The summed E-state index contributed by atoms with van der Waals surface area (Å²) in [5.74, 6) is 1.84. The smallest absolute Gasteiger partial charge is 0.257 e. The molecule has 1 amide bonds. The Bertz CT molecular complexity index is 558. The lowest BCUT2D eigenvalue weighted by Gasteiger charge is -2.18. The molecule has 5 heteroatoms. The maximum absolute atomic E-state index is 11.5. The molecule has 0 aliphatic heterocycles. The van der Waals surface area contributed by atoms with Crippen LogP contribution < -0.4 is 20.1 Å². The number of hydrogen-bond donors (Lipinski definition) is 2. The van der Waals surface area contributed by atoms with Crippen LogP contribution in [0.5, 0.6) is 11.5 Å². The molecule has 0 aromatic heterocycles. The van der Waals surface area contributed by atoms with Crippen molar-refractivity contribution in [2.45, 2.75) is 32.7 Å². The minimum absolute atomic E-state index is 0.00298. The second-order valence-corrected chi connectivity index (χ2v) is 6.01. The van der Waals surface area contributed by atoms with Gasteiger partial charge in [0.25, 0.3) is 5.91 Å². The van der Waals surface area contributed by atoms with Gasteiger partial charge in [0.15, 0.2) is 18.1 Å². The van der Waals surface area contributed by atoms with Gasteiger partial charge in [-0.1, -0.05) is 18.2 Å². The number of carbonyl (C=O) groups is 1. The van der Waals surface area contributed by atoms with Crippen LogP contribution in [0.3, 0.4) is 0 Å². The van der Waals surface area contributed by atoms with Crippen molar-refractivity contribution < 1.29 is 14.3 Å². The van der Waals surface area contributed by atoms with Gasteiger partial charge in [-0.25, -0.2) is 0 Å². The molecular weight excluding hydrogens is 304 g/mol. The topological polar surface area (TPSA) is 59.6 Å². The first-order chi connectivity index (χ1) is 11.7. The molecule has 0 saturated carbocycles. The molecule has 0 saturated heterocycles. The molecule has 1 unspecified atom stereocenters. The minimum Gasteiger partial charge on any atom is -0.493 e. The average molecular weight is 332 g/mol. The molecule has 1 aromatic rings. The van der Waals surface area contributed by atoms with Crippen molar-refractivity contribution in [3.05, 3.63) is 35.9 Å². The highest BCUT2D eigenvalue weighted by molar-refractivity contribution is 5.77. The van der Waals surface area contributed by atoms with Crippen LogP contribution in [0, 0.1) is 5.92 Å². The van der Waals surface area contributed by atoms with Gasteiger partial charge in [-0.3, -0.25) is 4.79 Å². The zero-order valence-corrected chi connectivity index (χ0v) is 14.6. The van der Waals surface area contributed by atoms with E-state index in [1.54, 1.807) is 7.11 Å². The highest BCUT2D eigenvalue weighted by Crippen LogP contribution is 2.28. The largest absolute Gasteiger partial charge is 0.493 e. The van der Waals surface area contributed by atoms with E-state index in [9.17, 15) is 4.79 Å². The molecule has 1 aliphatic carbocycles. The fourth-order valence-electron chi connectivity index (χ4n) is 2.80. The van der Waals surface area contributed by atoms with Crippen LogP contribution >= 0.6 is 0 Å². The number of carbonyl (C=O) groups excluding carboxylic acids is 1. The van der Waals surface area contributed by atoms with Crippen LogP contribution in [0.1, 0.15) is 31.7 Å². The van der Waals surface area contributed by atoms with E-state index in [-0.39, 0.29) is 12.5 Å². The van der Waals surface area contributed by atoms with Crippen LogP contribution in [-0.2, 0) is 11.3 Å². The third kappa shape index (κ3) is 5.89. The van der Waals surface area contributed by atoms with Crippen LogP contribution in [-0.4, -0.2) is 32.7 Å². The Kier molecular flexibility index (Phi) is 7.62. The van der Waals surface area contributed by atoms with Gasteiger partial charge in [-0.2, -0.15) is 0 Å². The van der Waals surface area contributed by atoms with Crippen LogP contribution in [0.2, 0.25) is 0 Å². The number of ether oxygens (including phenoxy) is 2. The highest BCUT2D eigenvalue weighted by atomic mass is 16.5. The lowest BCUT2D eigenvalue weighted by molar-refractivity contribution is -0.123. The quantitative estimate of drug-likeness (QED) is 0.683. The predicted molar refractivity (Wildman–Crippen MR) is 95.4 cm³/mol. The van der Waals surface area contributed by atoms with Gasteiger partial charge >= 0.3 is 0 Å². The fourth-order valence-corrected chi connectivity index (χ4v) is 2.80. The second-order valence-electron chi connectivity index (χ2n) is 6.01. The zero-order chi connectivity index (χ0) is 17.2. The van der Waals surface area contributed by atoms with Gasteiger partial charge in [-0.15, -0.1) is 0 Å². The predicted octanol–water partition coefficient (Wildman–Crippen LogP) is 2.66. The number of methoxy groups -OCH3 is 1. The van der Waals surface area contributed by atoms with Crippen molar-refractivity contribution in [2.24, 2.45) is 5.92 Å². The van der Waals surface area contributed by atoms with E-state index in [0.29, 0.717) is 18.0 Å². The maximum Gasteiger partial charge on any atom is 0.257 e. The van der Waals surface area contributed by atoms with E-state index in [2.05, 4.69) is 22.8 Å². The second kappa shape index (κ2) is 9.98. The summed E-state index contributed by atoms with van der Waals surface area (Å²) in [5.41, 5.74) is 1.14. The summed E-state index contributed by atoms with van der Waals surface area (Å²) in [6.07, 6.45) is 8.17. The molecule has 1 atom stereocenters. The third-order valence-electron chi connectivity index (χ3n) is 4.10. The Balaban J connectivity index is 1.83. The first kappa shape index (κ1) is 18.3. The van der Waals surface area contributed by atoms with Gasteiger partial charge in [0.1, 0.15) is 0 Å². The first-order valence-corrected chi connectivity index (χ1v) is 8.65. The van der Waals surface area contributed by atoms with Crippen molar-refractivity contribution in [3.8, 4) is 11.5 Å². The average Bonchev–Trinajstić information content (AvgIpc) is 2.61. The van der Waals surface area contributed by atoms with E-state index in [4.69, 9.17) is 9.47 Å². The summed E-state index contributed by atoms with van der Waals surface area (Å²) in [6.45, 7) is 4.30. The molecular formula is C19H28N2O3. The number of benzene rings is 1. The summed E-state index contributed by atoms with van der Waals surface area (Å²) in [5, 5.41) is 6.22. The maximum atomic E-state index is 11.5. The molecule has 0 spiro atoms. The normalized spacial score (nSPS) is 16.7. The van der Waals surface area contributed by atoms with Crippen molar-refractivity contribution in [3.63, 3.8) is 0 Å². The zero-order valence-electron chi connectivity index (χ0n) is 14.6. The molecule has 2 rings (SSSR count). The molecule has 5 nitrogen and oxygen atoms in total. The van der Waals surface area contributed by atoms with Crippen LogP contribution in [0.25, 0.3) is 0 Å². The first-order valence-electron chi connectivity index (χ1n) is 8.65. The number of allylic oxidation sites excluding steroid dienone is 2. The van der Waals surface area contributed by atoms with Crippen molar-refractivity contribution in [1.82, 2.24) is 10.6 Å². The molecule has 1 aliphatic rings. The van der Waals surface area contributed by atoms with Crippen molar-refractivity contribution in [1.29, 1.82) is 0 Å². The molecule has 2 N–H and O–H groups in total. The number of hydrogen-bond acceptors (Lipinski definition) is 4. The number of rotatable bonds is 9. The Morgan fingerprint density at radius 2 is 2.17 bits per heavy atom. The molecule has 0 bridgehead atoms. The van der Waals surface area contributed by atoms with Gasteiger partial charge in [0.05, 0.1) is 7.11 Å². The Morgan fingerprint density at radius 3 is 2.88 bits per heavy atom. The Hall–Kier alpha value is -2.01. The molecule has 1 aromatic carbocycles. The fraction of sp³-hybridized carbons (Fsp3) is 0.526. The molecule has 0 heterocycles. The van der Waals surface area contributed by atoms with Gasteiger partial charge < -0.3 is 20.1 Å². The number of likely N-dealkylation sites (N-methyl/N-ethyl adjacent to an activating group) is 1. The molecule has 0 radical (unpaired) electrons. The molecule has 24 heavy (non-hydrogen) atoms. The highest BCUT2D eigenvalue weighted by Gasteiger charge is 2.11. The summed E-state index contributed by atoms with van der Waals surface area (Å²) in [6, 6.07) is 5.82. The monoisotopic (exact) mass is 332 g/mol. The number of nitrogens with one attached hydrogen (secondary N) is 2. The van der Waals surface area contributed by atoms with E-state index >= 15 is 0 Å². The Labute approximate surface area is 144 Å². The summed E-state index contributed by atoms with van der Waals surface area (Å²) in [4.78, 5) is 11.5. The third-order valence-corrected chi connectivity index (χ3v) is 4.10. The van der Waals surface area contributed by atoms with Crippen molar-refractivity contribution >= 4 is 5.91 Å². The van der Waals surface area contributed by atoms with Crippen LogP contribution in [0.15, 0.2) is 30.4 Å². The lowest BCUT2D eigenvalue weighted by atomic mass is 9.94. The summed E-state index contributed by atoms with van der Waals surface area (Å²) in [7, 11) is 1.61. The van der Waals surface area contributed by atoms with Gasteiger partial charge in [-0.05, 0) is 56.3 Å². The summed E-state index contributed by atoms with van der Waals surface area (Å²) >= 11 is 0. The summed E-state index contributed by atoms with van der Waals surface area (Å²) < 4.78 is 10.9. The molecule has 132 valence electrons. The van der Waals surface area contributed by atoms with E-state index in [1.165, 1.54) is 19.3 Å². The van der Waals surface area contributed by atoms with Gasteiger partial charge in [0.2, 0.25) is 0 Å². The van der Waals surface area contributed by atoms with E-state index < -0.39 is 0 Å².